The van der Waals surface area contributed by atoms with Gasteiger partial charge in [-0.15, -0.1) is 11.3 Å². The fourth-order valence-corrected chi connectivity index (χ4v) is 6.83. The summed E-state index contributed by atoms with van der Waals surface area (Å²) in [5, 5.41) is 3.83. The summed E-state index contributed by atoms with van der Waals surface area (Å²) in [4.78, 5) is 32.7. The van der Waals surface area contributed by atoms with Gasteiger partial charge < -0.3 is 10.2 Å². The van der Waals surface area contributed by atoms with Crippen LogP contribution < -0.4 is 5.32 Å². The Morgan fingerprint density at radius 3 is 2.24 bits per heavy atom. The summed E-state index contributed by atoms with van der Waals surface area (Å²) in [6.07, 6.45) is 2.93. The van der Waals surface area contributed by atoms with E-state index in [1.165, 1.54) is 10.4 Å². The molecule has 37 heavy (non-hydrogen) atoms. The molecule has 2 aliphatic rings. The maximum absolute atomic E-state index is 14.0. The number of hydrogen-bond donors (Lipinski definition) is 1. The van der Waals surface area contributed by atoms with Gasteiger partial charge in [0.25, 0.3) is 11.8 Å². The van der Waals surface area contributed by atoms with Crippen molar-refractivity contribution in [1.29, 1.82) is 0 Å². The van der Waals surface area contributed by atoms with Gasteiger partial charge in [-0.3, -0.25) is 14.5 Å². The molecule has 2 heterocycles. The minimum atomic E-state index is -0.159. The molecular weight excluding hydrogens is 478 g/mol. The van der Waals surface area contributed by atoms with Crippen LogP contribution in [0.5, 0.6) is 0 Å². The van der Waals surface area contributed by atoms with Crippen molar-refractivity contribution in [2.24, 2.45) is 11.3 Å². The molecule has 3 aromatic rings. The maximum atomic E-state index is 14.0. The van der Waals surface area contributed by atoms with Crippen molar-refractivity contribution >= 4 is 28.2 Å². The molecule has 2 amide bonds. The molecular formula is C31H37N3O2S. The van der Waals surface area contributed by atoms with Gasteiger partial charge in [-0.05, 0) is 53.9 Å². The quantitative estimate of drug-likeness (QED) is 0.446. The first-order valence-corrected chi connectivity index (χ1v) is 14.2. The first kappa shape index (κ1) is 25.7. The van der Waals surface area contributed by atoms with Crippen LogP contribution in [0.25, 0.3) is 0 Å². The number of nitrogens with zero attached hydrogens (tertiary/aromatic N) is 2. The van der Waals surface area contributed by atoms with Crippen LogP contribution in [-0.2, 0) is 19.4 Å². The second-order valence-corrected chi connectivity index (χ2v) is 12.5. The maximum Gasteiger partial charge on any atom is 0.257 e. The summed E-state index contributed by atoms with van der Waals surface area (Å²) in [5.41, 5.74) is 4.01. The van der Waals surface area contributed by atoms with Crippen LogP contribution in [0.1, 0.15) is 63.9 Å². The Morgan fingerprint density at radius 1 is 0.946 bits per heavy atom. The molecule has 5 rings (SSSR count). The minimum absolute atomic E-state index is 0.0643. The monoisotopic (exact) mass is 515 g/mol. The van der Waals surface area contributed by atoms with Crippen molar-refractivity contribution in [3.63, 3.8) is 0 Å². The first-order valence-electron chi connectivity index (χ1n) is 13.4. The van der Waals surface area contributed by atoms with Crippen LogP contribution in [0.4, 0.5) is 5.00 Å². The number of benzene rings is 2. The van der Waals surface area contributed by atoms with E-state index in [4.69, 9.17) is 0 Å². The van der Waals surface area contributed by atoms with Crippen LogP contribution in [0, 0.1) is 11.3 Å². The molecule has 6 heteroatoms. The SMILES string of the molecule is CC(C)(C)C1CCc2c(sc(NC(=O)c3ccccc3)c2C(=O)N2CCN(Cc3ccccc3)CC2)C1. The molecule has 0 spiro atoms. The molecule has 5 nitrogen and oxygen atoms in total. The third-order valence-corrected chi connectivity index (χ3v) is 9.05. The molecule has 1 atom stereocenters. The van der Waals surface area contributed by atoms with Crippen molar-refractivity contribution in [2.75, 3.05) is 31.5 Å². The normalized spacial score (nSPS) is 18.4. The number of piperazine rings is 1. The molecule has 194 valence electrons. The molecule has 0 bridgehead atoms. The van der Waals surface area contributed by atoms with Gasteiger partial charge in [-0.1, -0.05) is 69.3 Å². The highest BCUT2D eigenvalue weighted by Gasteiger charge is 2.36. The largest absolute Gasteiger partial charge is 0.336 e. The van der Waals surface area contributed by atoms with Gasteiger partial charge in [0.1, 0.15) is 5.00 Å². The Kier molecular flexibility index (Phi) is 7.50. The molecule has 0 saturated carbocycles. The number of nitrogens with one attached hydrogen (secondary N) is 1. The van der Waals surface area contributed by atoms with Gasteiger partial charge in [0.2, 0.25) is 0 Å². The number of carbonyl (C=O) groups is 2. The van der Waals surface area contributed by atoms with Crippen molar-refractivity contribution in [2.45, 2.75) is 46.6 Å². The average molecular weight is 516 g/mol. The molecule has 1 aromatic heterocycles. The van der Waals surface area contributed by atoms with Gasteiger partial charge in [0.05, 0.1) is 5.56 Å². The summed E-state index contributed by atoms with van der Waals surface area (Å²) in [6, 6.07) is 19.8. The number of hydrogen-bond acceptors (Lipinski definition) is 4. The lowest BCUT2D eigenvalue weighted by Gasteiger charge is -2.36. The highest BCUT2D eigenvalue weighted by Crippen LogP contribution is 2.44. The predicted octanol–water partition coefficient (Wildman–Crippen LogP) is 6.11. The van der Waals surface area contributed by atoms with E-state index in [1.54, 1.807) is 11.3 Å². The van der Waals surface area contributed by atoms with Crippen LogP contribution in [0.3, 0.4) is 0 Å². The highest BCUT2D eigenvalue weighted by molar-refractivity contribution is 7.17. The van der Waals surface area contributed by atoms with Gasteiger partial charge >= 0.3 is 0 Å². The zero-order valence-electron chi connectivity index (χ0n) is 22.1. The molecule has 1 fully saturated rings. The molecule has 1 N–H and O–H groups in total. The molecule has 1 unspecified atom stereocenters. The second-order valence-electron chi connectivity index (χ2n) is 11.4. The Bertz CT molecular complexity index is 1240. The average Bonchev–Trinajstić information content (AvgIpc) is 3.26. The smallest absolute Gasteiger partial charge is 0.257 e. The van der Waals surface area contributed by atoms with Crippen LogP contribution >= 0.6 is 11.3 Å². The number of carbonyl (C=O) groups excluding carboxylic acids is 2. The number of rotatable bonds is 5. The minimum Gasteiger partial charge on any atom is -0.336 e. The summed E-state index contributed by atoms with van der Waals surface area (Å²) >= 11 is 1.61. The number of thiophene rings is 1. The molecule has 1 aliphatic heterocycles. The van der Waals surface area contributed by atoms with E-state index < -0.39 is 0 Å². The topological polar surface area (TPSA) is 52.7 Å². The second kappa shape index (κ2) is 10.8. The summed E-state index contributed by atoms with van der Waals surface area (Å²) in [6.45, 7) is 10.9. The third kappa shape index (κ3) is 5.81. The van der Waals surface area contributed by atoms with E-state index in [1.807, 2.05) is 41.3 Å². The molecule has 0 radical (unpaired) electrons. The highest BCUT2D eigenvalue weighted by atomic mass is 32.1. The number of amides is 2. The lowest BCUT2D eigenvalue weighted by atomic mass is 9.72. The number of fused-ring (bicyclic) bond motifs is 1. The summed E-state index contributed by atoms with van der Waals surface area (Å²) in [5.74, 6) is 0.475. The van der Waals surface area contributed by atoms with E-state index in [0.717, 1.165) is 50.0 Å². The number of anilines is 1. The summed E-state index contributed by atoms with van der Waals surface area (Å²) in [7, 11) is 0. The third-order valence-electron chi connectivity index (χ3n) is 7.88. The predicted molar refractivity (Wildman–Crippen MR) is 151 cm³/mol. The van der Waals surface area contributed by atoms with Crippen molar-refractivity contribution in [3.8, 4) is 0 Å². The summed E-state index contributed by atoms with van der Waals surface area (Å²) < 4.78 is 0. The zero-order valence-corrected chi connectivity index (χ0v) is 22.9. The standard InChI is InChI=1S/C31H37N3O2S/c1-31(2,3)24-14-15-25-26(20-24)37-29(32-28(35)23-12-8-5-9-13-23)27(25)30(36)34-18-16-33(17-19-34)21-22-10-6-4-7-11-22/h4-13,24H,14-21H2,1-3H3,(H,32,35). The Hall–Kier alpha value is -2.96. The van der Waals surface area contributed by atoms with Crippen LogP contribution in [0.2, 0.25) is 0 Å². The fraction of sp³-hybridized carbons (Fsp3) is 0.419. The van der Waals surface area contributed by atoms with Crippen molar-refractivity contribution in [3.05, 3.63) is 87.8 Å². The Labute approximate surface area is 224 Å². The van der Waals surface area contributed by atoms with Gasteiger partial charge in [-0.25, -0.2) is 0 Å². The zero-order chi connectivity index (χ0) is 26.0. The van der Waals surface area contributed by atoms with E-state index >= 15 is 0 Å². The van der Waals surface area contributed by atoms with E-state index in [9.17, 15) is 9.59 Å². The van der Waals surface area contributed by atoms with Crippen LogP contribution in [0.15, 0.2) is 60.7 Å². The van der Waals surface area contributed by atoms with E-state index in [2.05, 4.69) is 55.3 Å². The van der Waals surface area contributed by atoms with Gasteiger partial charge in [-0.2, -0.15) is 0 Å². The lowest BCUT2D eigenvalue weighted by molar-refractivity contribution is 0.0628. The van der Waals surface area contributed by atoms with Gasteiger partial charge in [0.15, 0.2) is 0 Å². The fourth-order valence-electron chi connectivity index (χ4n) is 5.51. The molecule has 1 aliphatic carbocycles. The Morgan fingerprint density at radius 2 is 1.59 bits per heavy atom. The van der Waals surface area contributed by atoms with Gasteiger partial charge in [0, 0.05) is 43.2 Å². The van der Waals surface area contributed by atoms with E-state index in [0.29, 0.717) is 29.6 Å². The lowest BCUT2D eigenvalue weighted by Crippen LogP contribution is -2.48. The van der Waals surface area contributed by atoms with E-state index in [-0.39, 0.29) is 17.2 Å². The first-order chi connectivity index (χ1) is 17.8. The van der Waals surface area contributed by atoms with Crippen LogP contribution in [-0.4, -0.2) is 47.8 Å². The van der Waals surface area contributed by atoms with Crippen molar-refractivity contribution in [1.82, 2.24) is 9.80 Å². The molecule has 2 aromatic carbocycles. The van der Waals surface area contributed by atoms with Crippen molar-refractivity contribution < 1.29 is 9.59 Å². The Balaban J connectivity index is 1.36. The molecule has 1 saturated heterocycles.